The van der Waals surface area contributed by atoms with E-state index >= 15 is 0 Å². The van der Waals surface area contributed by atoms with Gasteiger partial charge in [-0.2, -0.15) is 0 Å². The first kappa shape index (κ1) is 11.6. The maximum absolute atomic E-state index is 5.89. The molecule has 0 amide bonds. The van der Waals surface area contributed by atoms with E-state index in [0.29, 0.717) is 22.9 Å². The molecule has 0 saturated heterocycles. The Morgan fingerprint density at radius 2 is 2.25 bits per heavy atom. The average molecular weight is 241 g/mol. The highest BCUT2D eigenvalue weighted by atomic mass is 35.5. The van der Waals surface area contributed by atoms with Crippen LogP contribution < -0.4 is 11.1 Å². The number of hydrogen-bond donors (Lipinski definition) is 2. The Kier molecular flexibility index (Phi) is 3.56. The molecule has 0 heterocycles. The molecule has 3 N–H and O–H groups in total. The lowest BCUT2D eigenvalue weighted by Gasteiger charge is -2.16. The van der Waals surface area contributed by atoms with Crippen LogP contribution in [0, 0.1) is 0 Å². The lowest BCUT2D eigenvalue weighted by Crippen LogP contribution is -2.18. The van der Waals surface area contributed by atoms with Crippen LogP contribution in [-0.2, 0) is 4.74 Å². The molecule has 1 aromatic carbocycles. The van der Waals surface area contributed by atoms with Gasteiger partial charge in [-0.15, -0.1) is 0 Å². The first-order chi connectivity index (χ1) is 7.69. The van der Waals surface area contributed by atoms with Crippen LogP contribution in [-0.4, -0.2) is 19.3 Å². The Morgan fingerprint density at radius 1 is 1.44 bits per heavy atom. The molecule has 1 fully saturated rings. The normalized spacial score (nSPS) is 24.6. The number of ether oxygens (including phenoxy) is 1. The van der Waals surface area contributed by atoms with Crippen LogP contribution in [0.15, 0.2) is 18.2 Å². The lowest BCUT2D eigenvalue weighted by atomic mass is 10.2. The van der Waals surface area contributed by atoms with E-state index in [1.807, 2.05) is 12.1 Å². The molecule has 0 aromatic heterocycles. The standard InChI is InChI=1S/C12H17ClN2O/c1-16-10-4-3-9(7-10)15-12-5-2-8(13)6-11(12)14/h2,5-6,9-10,15H,3-4,7,14H2,1H3. The number of hydrogen-bond acceptors (Lipinski definition) is 3. The van der Waals surface area contributed by atoms with E-state index in [1.54, 1.807) is 13.2 Å². The maximum atomic E-state index is 5.89. The van der Waals surface area contributed by atoms with E-state index in [2.05, 4.69) is 5.32 Å². The fourth-order valence-corrected chi connectivity index (χ4v) is 2.35. The molecule has 16 heavy (non-hydrogen) atoms. The van der Waals surface area contributed by atoms with Crippen molar-refractivity contribution in [1.82, 2.24) is 0 Å². The van der Waals surface area contributed by atoms with Gasteiger partial charge in [0.15, 0.2) is 0 Å². The predicted octanol–water partition coefficient (Wildman–Crippen LogP) is 2.90. The van der Waals surface area contributed by atoms with Gasteiger partial charge in [0.2, 0.25) is 0 Å². The molecule has 88 valence electrons. The molecule has 0 radical (unpaired) electrons. The van der Waals surface area contributed by atoms with Crippen LogP contribution in [0.25, 0.3) is 0 Å². The number of methoxy groups -OCH3 is 1. The van der Waals surface area contributed by atoms with Gasteiger partial charge in [0.1, 0.15) is 0 Å². The first-order valence-electron chi connectivity index (χ1n) is 5.53. The molecule has 4 heteroatoms. The Balaban J connectivity index is 1.99. The third kappa shape index (κ3) is 2.60. The van der Waals surface area contributed by atoms with Crippen molar-refractivity contribution < 1.29 is 4.74 Å². The molecule has 3 nitrogen and oxygen atoms in total. The quantitative estimate of drug-likeness (QED) is 0.799. The molecular weight excluding hydrogens is 224 g/mol. The SMILES string of the molecule is COC1CCC(Nc2ccc(Cl)cc2N)C1. The van der Waals surface area contributed by atoms with Crippen LogP contribution in [0.2, 0.25) is 5.02 Å². The Bertz CT molecular complexity index is 370. The van der Waals surface area contributed by atoms with Crippen molar-refractivity contribution in [2.24, 2.45) is 0 Å². The van der Waals surface area contributed by atoms with Gasteiger partial charge in [-0.3, -0.25) is 0 Å². The summed E-state index contributed by atoms with van der Waals surface area (Å²) in [6.45, 7) is 0. The molecule has 0 aliphatic heterocycles. The van der Waals surface area contributed by atoms with Gasteiger partial charge >= 0.3 is 0 Å². The smallest absolute Gasteiger partial charge is 0.0591 e. The first-order valence-corrected chi connectivity index (χ1v) is 5.91. The van der Waals surface area contributed by atoms with Gasteiger partial charge in [-0.25, -0.2) is 0 Å². The van der Waals surface area contributed by atoms with E-state index in [1.165, 1.54) is 0 Å². The zero-order valence-electron chi connectivity index (χ0n) is 9.37. The number of anilines is 2. The number of nitrogens with two attached hydrogens (primary N) is 1. The molecule has 1 aliphatic rings. The van der Waals surface area contributed by atoms with Crippen molar-refractivity contribution in [2.45, 2.75) is 31.4 Å². The highest BCUT2D eigenvalue weighted by molar-refractivity contribution is 6.31. The Labute approximate surface area is 101 Å². The number of nitrogen functional groups attached to an aromatic ring is 1. The summed E-state index contributed by atoms with van der Waals surface area (Å²) in [7, 11) is 1.77. The van der Waals surface area contributed by atoms with E-state index in [0.717, 1.165) is 24.9 Å². The summed E-state index contributed by atoms with van der Waals surface area (Å²) in [5.41, 5.74) is 7.55. The fourth-order valence-electron chi connectivity index (χ4n) is 2.17. The molecular formula is C12H17ClN2O. The van der Waals surface area contributed by atoms with E-state index in [4.69, 9.17) is 22.1 Å². The van der Waals surface area contributed by atoms with E-state index in [-0.39, 0.29) is 0 Å². The highest BCUT2D eigenvalue weighted by Crippen LogP contribution is 2.28. The van der Waals surface area contributed by atoms with E-state index < -0.39 is 0 Å². The zero-order valence-corrected chi connectivity index (χ0v) is 10.1. The zero-order chi connectivity index (χ0) is 11.5. The minimum absolute atomic E-state index is 0.381. The van der Waals surface area contributed by atoms with Gasteiger partial charge in [-0.1, -0.05) is 11.6 Å². The highest BCUT2D eigenvalue weighted by Gasteiger charge is 2.24. The van der Waals surface area contributed by atoms with Gasteiger partial charge in [0.25, 0.3) is 0 Å². The summed E-state index contributed by atoms with van der Waals surface area (Å²) in [5.74, 6) is 0. The monoisotopic (exact) mass is 240 g/mol. The third-order valence-corrected chi connectivity index (χ3v) is 3.33. The Morgan fingerprint density at radius 3 is 2.88 bits per heavy atom. The van der Waals surface area contributed by atoms with Gasteiger partial charge in [-0.05, 0) is 37.5 Å². The summed E-state index contributed by atoms with van der Waals surface area (Å²) in [4.78, 5) is 0. The molecule has 1 saturated carbocycles. The van der Waals surface area contributed by atoms with Gasteiger partial charge < -0.3 is 15.8 Å². The van der Waals surface area contributed by atoms with E-state index in [9.17, 15) is 0 Å². The van der Waals surface area contributed by atoms with Crippen molar-refractivity contribution in [3.63, 3.8) is 0 Å². The second kappa shape index (κ2) is 4.93. The maximum Gasteiger partial charge on any atom is 0.0591 e. The lowest BCUT2D eigenvalue weighted by molar-refractivity contribution is 0.108. The fraction of sp³-hybridized carbons (Fsp3) is 0.500. The summed E-state index contributed by atoms with van der Waals surface area (Å²) >= 11 is 5.85. The van der Waals surface area contributed by atoms with Crippen LogP contribution >= 0.6 is 11.6 Å². The molecule has 2 atom stereocenters. The second-order valence-corrected chi connectivity index (χ2v) is 4.68. The predicted molar refractivity (Wildman–Crippen MR) is 67.9 cm³/mol. The number of rotatable bonds is 3. The van der Waals surface area contributed by atoms with Crippen molar-refractivity contribution in [1.29, 1.82) is 0 Å². The molecule has 0 spiro atoms. The van der Waals surface area contributed by atoms with Crippen molar-refractivity contribution in [2.75, 3.05) is 18.2 Å². The minimum Gasteiger partial charge on any atom is -0.397 e. The summed E-state index contributed by atoms with van der Waals surface area (Å²) < 4.78 is 5.34. The average Bonchev–Trinajstić information content (AvgIpc) is 2.70. The van der Waals surface area contributed by atoms with Gasteiger partial charge in [0, 0.05) is 18.2 Å². The van der Waals surface area contributed by atoms with Crippen molar-refractivity contribution in [3.05, 3.63) is 23.2 Å². The molecule has 0 bridgehead atoms. The summed E-state index contributed by atoms with van der Waals surface area (Å²) in [5, 5.41) is 4.11. The minimum atomic E-state index is 0.381. The topological polar surface area (TPSA) is 47.3 Å². The third-order valence-electron chi connectivity index (χ3n) is 3.09. The number of nitrogens with one attached hydrogen (secondary N) is 1. The molecule has 1 aromatic rings. The Hall–Kier alpha value is -0.930. The molecule has 1 aliphatic carbocycles. The second-order valence-electron chi connectivity index (χ2n) is 4.24. The number of halogens is 1. The van der Waals surface area contributed by atoms with Gasteiger partial charge in [0.05, 0.1) is 17.5 Å². The largest absolute Gasteiger partial charge is 0.397 e. The van der Waals surface area contributed by atoms with Crippen LogP contribution in [0.3, 0.4) is 0 Å². The van der Waals surface area contributed by atoms with Crippen LogP contribution in [0.4, 0.5) is 11.4 Å². The summed E-state index contributed by atoms with van der Waals surface area (Å²) in [6, 6.07) is 6.00. The van der Waals surface area contributed by atoms with Crippen LogP contribution in [0.5, 0.6) is 0 Å². The molecule has 2 rings (SSSR count). The van der Waals surface area contributed by atoms with Crippen molar-refractivity contribution >= 4 is 23.0 Å². The summed E-state index contributed by atoms with van der Waals surface area (Å²) in [6.07, 6.45) is 3.66. The number of benzene rings is 1. The van der Waals surface area contributed by atoms with Crippen LogP contribution in [0.1, 0.15) is 19.3 Å². The van der Waals surface area contributed by atoms with Crippen molar-refractivity contribution in [3.8, 4) is 0 Å². The molecule has 2 unspecified atom stereocenters.